The maximum atomic E-state index is 12.2. The quantitative estimate of drug-likeness (QED) is 0.0437. The number of amides is 10. The summed E-state index contributed by atoms with van der Waals surface area (Å²) in [5.41, 5.74) is 5.07. The molecule has 0 aromatic carbocycles. The molecule has 16 N–H and O–H groups in total. The zero-order valence-electron chi connectivity index (χ0n) is 26.9. The minimum Gasteiger partial charge on any atom is -0.480 e. The molecule has 0 spiro atoms. The van der Waals surface area contributed by atoms with E-state index in [0.29, 0.717) is 0 Å². The van der Waals surface area contributed by atoms with Crippen LogP contribution in [0.5, 0.6) is 0 Å². The van der Waals surface area contributed by atoms with E-state index in [1.807, 2.05) is 10.6 Å². The predicted octanol–water partition coefficient (Wildman–Crippen LogP) is -11.7. The minimum absolute atomic E-state index is 0.375. The van der Waals surface area contributed by atoms with Gasteiger partial charge in [0, 0.05) is 0 Å². The predicted molar refractivity (Wildman–Crippen MR) is 165 cm³/mol. The Bertz CT molecular complexity index is 1300. The average Bonchev–Trinajstić information content (AvgIpc) is 3.11. The molecule has 10 amide bonds. The molecular formula is C25H41N11O15. The highest BCUT2D eigenvalue weighted by molar-refractivity contribution is 5.95. The molecule has 286 valence electrons. The number of hydrogen-bond acceptors (Lipinski definition) is 15. The monoisotopic (exact) mass is 735 g/mol. The van der Waals surface area contributed by atoms with Crippen LogP contribution in [0.4, 0.5) is 0 Å². The van der Waals surface area contributed by atoms with Gasteiger partial charge in [0.15, 0.2) is 0 Å². The first-order valence-electron chi connectivity index (χ1n) is 14.6. The van der Waals surface area contributed by atoms with Crippen LogP contribution in [0.2, 0.25) is 0 Å². The molecule has 0 rings (SSSR count). The Morgan fingerprint density at radius 3 is 0.922 bits per heavy atom. The first kappa shape index (κ1) is 45.0. The molecule has 26 nitrogen and oxygen atoms in total. The molecule has 0 bridgehead atoms. The molecule has 0 aromatic heterocycles. The lowest BCUT2D eigenvalue weighted by Crippen LogP contribution is -2.54. The normalized spacial score (nSPS) is 11.9. The largest absolute Gasteiger partial charge is 0.480 e. The summed E-state index contributed by atoms with van der Waals surface area (Å²) in [4.78, 5) is 129. The summed E-state index contributed by atoms with van der Waals surface area (Å²) in [5, 5.41) is 57.3. The molecule has 0 heterocycles. The second kappa shape index (κ2) is 25.0. The summed E-state index contributed by atoms with van der Waals surface area (Å²) in [6.07, 6.45) is 0. The molecule has 26 heteroatoms. The van der Waals surface area contributed by atoms with E-state index < -0.39 is 149 Å². The fourth-order valence-corrected chi connectivity index (χ4v) is 3.16. The van der Waals surface area contributed by atoms with E-state index in [4.69, 9.17) is 10.8 Å². The van der Waals surface area contributed by atoms with E-state index in [1.165, 1.54) is 0 Å². The van der Waals surface area contributed by atoms with Gasteiger partial charge < -0.3 is 79.3 Å². The van der Waals surface area contributed by atoms with Gasteiger partial charge in [-0.25, -0.2) is 0 Å². The van der Waals surface area contributed by atoms with Crippen molar-refractivity contribution >= 4 is 65.0 Å². The van der Waals surface area contributed by atoms with Crippen molar-refractivity contribution in [2.45, 2.75) is 18.1 Å². The van der Waals surface area contributed by atoms with E-state index in [2.05, 4.69) is 42.5 Å². The first-order chi connectivity index (χ1) is 24.1. The van der Waals surface area contributed by atoms with Crippen molar-refractivity contribution in [1.82, 2.24) is 53.2 Å². The Hall–Kier alpha value is -5.99. The molecular weight excluding hydrogens is 694 g/mol. The van der Waals surface area contributed by atoms with Gasteiger partial charge in [-0.05, 0) is 0 Å². The van der Waals surface area contributed by atoms with E-state index in [9.17, 15) is 68.1 Å². The van der Waals surface area contributed by atoms with Crippen LogP contribution in [-0.2, 0) is 52.7 Å². The number of carboxylic acids is 1. The van der Waals surface area contributed by atoms with Gasteiger partial charge >= 0.3 is 5.97 Å². The number of aliphatic carboxylic acids is 1. The highest BCUT2D eigenvalue weighted by Crippen LogP contribution is 1.87. The van der Waals surface area contributed by atoms with Crippen LogP contribution in [0.25, 0.3) is 0 Å². The van der Waals surface area contributed by atoms with E-state index in [1.54, 1.807) is 0 Å². The number of rotatable bonds is 24. The minimum atomic E-state index is -1.58. The Balaban J connectivity index is 4.46. The second-order valence-electron chi connectivity index (χ2n) is 9.77. The van der Waals surface area contributed by atoms with Gasteiger partial charge in [0.25, 0.3) is 0 Å². The zero-order chi connectivity index (χ0) is 38.9. The van der Waals surface area contributed by atoms with Crippen molar-refractivity contribution < 1.29 is 73.2 Å². The summed E-state index contributed by atoms with van der Waals surface area (Å²) in [6.45, 7) is -7.85. The van der Waals surface area contributed by atoms with Crippen molar-refractivity contribution in [2.24, 2.45) is 5.73 Å². The van der Waals surface area contributed by atoms with E-state index in [-0.39, 0.29) is 6.54 Å². The van der Waals surface area contributed by atoms with Crippen LogP contribution < -0.4 is 58.9 Å². The van der Waals surface area contributed by atoms with Crippen LogP contribution in [0.15, 0.2) is 0 Å². The van der Waals surface area contributed by atoms with Crippen molar-refractivity contribution in [2.75, 3.05) is 72.2 Å². The van der Waals surface area contributed by atoms with Gasteiger partial charge in [0.05, 0.1) is 65.6 Å². The smallest absolute Gasteiger partial charge is 0.322 e. The second-order valence-corrected chi connectivity index (χ2v) is 9.77. The number of nitrogens with one attached hydrogen (secondary N) is 10. The van der Waals surface area contributed by atoms with Crippen LogP contribution in [0.1, 0.15) is 0 Å². The average molecular weight is 736 g/mol. The number of aliphatic hydroxyl groups is 3. The number of aliphatic hydroxyl groups excluding tert-OH is 3. The topological polar surface area (TPSA) is 415 Å². The Morgan fingerprint density at radius 2 is 0.647 bits per heavy atom. The zero-order valence-corrected chi connectivity index (χ0v) is 26.9. The SMILES string of the molecule is NCC(=O)NCC(=O)N[C@@H](CO)C(=O)NCC(=O)NCC(=O)NCC(=O)N[C@@H](CO)C(=O)NCC(=O)NCC(=O)N[C@@H](CO)C(=O)NCC(=O)O. The van der Waals surface area contributed by atoms with Gasteiger partial charge in [-0.2, -0.15) is 0 Å². The maximum absolute atomic E-state index is 12.2. The lowest BCUT2D eigenvalue weighted by atomic mass is 10.2. The summed E-state index contributed by atoms with van der Waals surface area (Å²) < 4.78 is 0. The molecule has 0 fully saturated rings. The first-order valence-corrected chi connectivity index (χ1v) is 14.6. The van der Waals surface area contributed by atoms with E-state index in [0.717, 1.165) is 0 Å². The lowest BCUT2D eigenvalue weighted by molar-refractivity contribution is -0.138. The van der Waals surface area contributed by atoms with Crippen molar-refractivity contribution in [3.63, 3.8) is 0 Å². The summed E-state index contributed by atoms with van der Waals surface area (Å²) >= 11 is 0. The Labute approximate surface area is 287 Å². The molecule has 0 aromatic rings. The van der Waals surface area contributed by atoms with Crippen LogP contribution >= 0.6 is 0 Å². The van der Waals surface area contributed by atoms with E-state index >= 15 is 0 Å². The summed E-state index contributed by atoms with van der Waals surface area (Å²) in [6, 6.07) is -4.56. The molecule has 3 atom stereocenters. The molecule has 0 unspecified atom stereocenters. The van der Waals surface area contributed by atoms with Gasteiger partial charge in [-0.15, -0.1) is 0 Å². The Kier molecular flexibility index (Phi) is 22.1. The molecule has 0 saturated carbocycles. The van der Waals surface area contributed by atoms with Gasteiger partial charge in [0.2, 0.25) is 59.1 Å². The third-order valence-corrected chi connectivity index (χ3v) is 5.73. The van der Waals surface area contributed by atoms with Gasteiger partial charge in [0.1, 0.15) is 24.7 Å². The third-order valence-electron chi connectivity index (χ3n) is 5.73. The van der Waals surface area contributed by atoms with Crippen molar-refractivity contribution in [3.8, 4) is 0 Å². The molecule has 51 heavy (non-hydrogen) atoms. The van der Waals surface area contributed by atoms with Crippen molar-refractivity contribution in [3.05, 3.63) is 0 Å². The Morgan fingerprint density at radius 1 is 0.392 bits per heavy atom. The molecule has 0 aliphatic heterocycles. The van der Waals surface area contributed by atoms with Gasteiger partial charge in [-0.3, -0.25) is 52.7 Å². The fraction of sp³-hybridized carbons (Fsp3) is 0.560. The number of carbonyl (C=O) groups is 11. The summed E-state index contributed by atoms with van der Waals surface area (Å²) in [7, 11) is 0. The van der Waals surface area contributed by atoms with Crippen molar-refractivity contribution in [1.29, 1.82) is 0 Å². The maximum Gasteiger partial charge on any atom is 0.322 e. The number of nitrogens with two attached hydrogens (primary N) is 1. The van der Waals surface area contributed by atoms with Gasteiger partial charge in [-0.1, -0.05) is 0 Å². The highest BCUT2D eigenvalue weighted by Gasteiger charge is 2.23. The highest BCUT2D eigenvalue weighted by atomic mass is 16.4. The third kappa shape index (κ3) is 20.9. The molecule has 0 saturated heterocycles. The number of hydrogen-bond donors (Lipinski definition) is 15. The van der Waals surface area contributed by atoms with Crippen LogP contribution in [-0.4, -0.2) is 176 Å². The number of carbonyl (C=O) groups excluding carboxylic acids is 10. The van der Waals surface area contributed by atoms with Crippen LogP contribution in [0.3, 0.4) is 0 Å². The number of carboxylic acid groups (broad SMARTS) is 1. The molecule has 0 radical (unpaired) electrons. The fourth-order valence-electron chi connectivity index (χ4n) is 3.16. The standard InChI is InChI=1S/C25H41N11O15/c26-1-15(40)27-5-19(44)34-12(9-37)23(49)31-3-17(42)28-2-16(41)29-6-20(45)35-13(10-38)24(50)32-4-18(43)30-7-21(46)36-14(11-39)25(51)33-8-22(47)48/h12-14,37-39H,1-11,26H2,(H,27,40)(H,28,42)(H,29,41)(H,30,43)(H,31,49)(H,32,50)(H,33,51)(H,34,44)(H,35,45)(H,36,46)(H,47,48)/t12-,13-,14-/m0/s1. The van der Waals surface area contributed by atoms with Crippen LogP contribution in [0, 0.1) is 0 Å². The summed E-state index contributed by atoms with van der Waals surface area (Å²) in [5.74, 6) is -10.4. The molecule has 0 aliphatic carbocycles. The lowest BCUT2D eigenvalue weighted by Gasteiger charge is -2.17. The molecule has 0 aliphatic rings.